The summed E-state index contributed by atoms with van der Waals surface area (Å²) in [6, 6.07) is 34.3. The molecule has 1 atom stereocenters. The Bertz CT molecular complexity index is 4070. The van der Waals surface area contributed by atoms with Gasteiger partial charge in [0, 0.05) is 76.1 Å². The van der Waals surface area contributed by atoms with E-state index in [4.69, 9.17) is 29.2 Å². The van der Waals surface area contributed by atoms with E-state index in [-0.39, 0.29) is 132 Å². The maximum absolute atomic E-state index is 13.0. The molecule has 622 valence electrons. The number of hydrogen-bond acceptors (Lipinski definition) is 18. The monoisotopic (exact) mass is 1610 g/mol. The van der Waals surface area contributed by atoms with E-state index in [1.807, 2.05) is 24.0 Å². The third-order valence-electron chi connectivity index (χ3n) is 21.2. The van der Waals surface area contributed by atoms with Gasteiger partial charge in [0.2, 0.25) is 29.7 Å². The predicted molar refractivity (Wildman–Crippen MR) is 418 cm³/mol. The van der Waals surface area contributed by atoms with Crippen LogP contribution in [0.25, 0.3) is 0 Å². The molecule has 6 heterocycles. The number of ether oxygens (including phenoxy) is 4. The fourth-order valence-electron chi connectivity index (χ4n) is 14.3. The molecule has 0 radical (unpaired) electrons. The van der Waals surface area contributed by atoms with Crippen molar-refractivity contribution in [3.05, 3.63) is 190 Å². The van der Waals surface area contributed by atoms with Gasteiger partial charge in [-0.05, 0) is 211 Å². The molecule has 0 aromatic heterocycles. The quantitative estimate of drug-likeness (QED) is 0.0210. The van der Waals surface area contributed by atoms with Crippen molar-refractivity contribution in [1.29, 1.82) is 0 Å². The number of isocyanates is 1. The molecule has 6 fully saturated rings. The van der Waals surface area contributed by atoms with Crippen molar-refractivity contribution in [2.24, 2.45) is 40.5 Å². The number of carbonyl (C=O) groups is 9. The summed E-state index contributed by atoms with van der Waals surface area (Å²) in [5.74, 6) is -2.06. The number of Topliss-reactive ketones (excluding diaryl/α,β-unsaturated/α-hetero) is 2. The second kappa shape index (κ2) is 50.3. The van der Waals surface area contributed by atoms with Crippen molar-refractivity contribution in [3.8, 4) is 23.0 Å². The molecule has 30 heteroatoms. The Morgan fingerprint density at radius 2 is 0.690 bits per heavy atom. The number of para-hydroxylation sites is 2. The van der Waals surface area contributed by atoms with Crippen LogP contribution < -0.4 is 53.5 Å². The molecule has 6 aliphatic heterocycles. The van der Waals surface area contributed by atoms with Crippen LogP contribution in [0.5, 0.6) is 23.0 Å². The van der Waals surface area contributed by atoms with Crippen LogP contribution in [0, 0.1) is 58.8 Å². The molecule has 6 aromatic carbocycles. The molecule has 0 spiro atoms. The molecule has 116 heavy (non-hydrogen) atoms. The summed E-state index contributed by atoms with van der Waals surface area (Å²) in [6.07, 6.45) is 10.7. The number of ketones is 2. The Morgan fingerprint density at radius 1 is 0.422 bits per heavy atom. The molecule has 12 rings (SSSR count). The molecule has 1 unspecified atom stereocenters. The Hall–Kier alpha value is -10.3. The van der Waals surface area contributed by atoms with E-state index >= 15 is 0 Å². The van der Waals surface area contributed by atoms with Crippen molar-refractivity contribution in [2.45, 2.75) is 116 Å². The van der Waals surface area contributed by atoms with Crippen molar-refractivity contribution in [2.75, 3.05) is 107 Å². The van der Waals surface area contributed by atoms with Gasteiger partial charge in [0.05, 0.1) is 83.1 Å². The molecule has 6 N–H and O–H groups in total. The van der Waals surface area contributed by atoms with E-state index in [0.29, 0.717) is 137 Å². The van der Waals surface area contributed by atoms with Gasteiger partial charge in [-0.15, -0.1) is 0 Å². The second-order valence-corrected chi connectivity index (χ2v) is 28.7. The number of rotatable bonds is 21. The summed E-state index contributed by atoms with van der Waals surface area (Å²) in [5, 5.41) is 34.5. The number of likely N-dealkylation sites (tertiary alicyclic amines) is 4. The number of hydrogen-bond donors (Lipinski definition) is 4. The van der Waals surface area contributed by atoms with E-state index in [1.165, 1.54) is 62.8 Å². The maximum atomic E-state index is 13.0. The van der Waals surface area contributed by atoms with Gasteiger partial charge >= 0.3 is 30.8 Å². The fraction of sp³-hybridized carbons (Fsp3) is 0.465. The number of halogens is 4. The van der Waals surface area contributed by atoms with Crippen molar-refractivity contribution >= 4 is 59.2 Å². The molecule has 6 saturated heterocycles. The van der Waals surface area contributed by atoms with Crippen molar-refractivity contribution < 1.29 is 124 Å². The molecule has 0 aliphatic carbocycles. The number of benzene rings is 6. The number of nitrogens with zero attached hydrogens (tertiary/aromatic N) is 5. The minimum atomic E-state index is -1.04. The number of aliphatic imine (C=N–C) groups is 1. The van der Waals surface area contributed by atoms with Crippen LogP contribution in [0.4, 0.5) is 17.6 Å². The van der Waals surface area contributed by atoms with E-state index < -0.39 is 23.8 Å². The van der Waals surface area contributed by atoms with Gasteiger partial charge in [-0.2, -0.15) is 0 Å². The van der Waals surface area contributed by atoms with Crippen molar-refractivity contribution in [1.82, 2.24) is 30.2 Å². The SMILES string of the molecule is CC(N=C=O)C1CCN(C(=O)Cc2ccc(F)cc2)CC1.COc1cccc(C(=O)C2CCN(C(=O)Cc3ccc(F)cc3)CC2)c1OC.COc1cccc(C(=O)C2CCNCC2)c1OC.O.O=C(O)C1CCN(C(=O)Cc2ccc(F)cc2)CC1.O=C(O)C1CCNCC1.O=C([O-])C1CCN(C(=O)Cc2ccc(F)cc2)CC1.[Li+]. The Labute approximate surface area is 686 Å². The number of methoxy groups -OCH3 is 4. The van der Waals surface area contributed by atoms with Crippen LogP contribution in [-0.2, 0) is 64.0 Å². The average Bonchev–Trinajstić information content (AvgIpc) is 0.815. The van der Waals surface area contributed by atoms with Gasteiger partial charge < -0.3 is 74.8 Å². The first-order valence-electron chi connectivity index (χ1n) is 38.6. The first-order chi connectivity index (χ1) is 54.8. The van der Waals surface area contributed by atoms with Gasteiger partial charge in [-0.1, -0.05) is 60.7 Å². The van der Waals surface area contributed by atoms with Crippen LogP contribution in [0.2, 0.25) is 0 Å². The minimum absolute atomic E-state index is 0. The van der Waals surface area contributed by atoms with Crippen LogP contribution in [0.1, 0.15) is 127 Å². The van der Waals surface area contributed by atoms with Gasteiger partial charge in [-0.3, -0.25) is 38.4 Å². The number of aliphatic carboxylic acids is 3. The number of nitrogens with one attached hydrogen (secondary N) is 2. The van der Waals surface area contributed by atoms with Crippen molar-refractivity contribution in [3.63, 3.8) is 0 Å². The first kappa shape index (κ1) is 96.3. The summed E-state index contributed by atoms with van der Waals surface area (Å²) >= 11 is 0. The third kappa shape index (κ3) is 30.7. The topological polar surface area (TPSA) is 352 Å². The largest absolute Gasteiger partial charge is 1.00 e. The minimum Gasteiger partial charge on any atom is -0.550 e. The third-order valence-corrected chi connectivity index (χ3v) is 21.2. The van der Waals surface area contributed by atoms with E-state index in [2.05, 4.69) is 15.6 Å². The Kier molecular flexibility index (Phi) is 41.7. The van der Waals surface area contributed by atoms with Gasteiger partial charge in [0.25, 0.3) is 0 Å². The Balaban J connectivity index is 0.000000253. The number of carboxylic acids is 3. The number of carbonyl (C=O) groups excluding carboxylic acids is 8. The zero-order valence-corrected chi connectivity index (χ0v) is 66.8. The molecule has 6 aromatic rings. The molecule has 6 aliphatic rings. The summed E-state index contributed by atoms with van der Waals surface area (Å²) in [7, 11) is 6.20. The van der Waals surface area contributed by atoms with E-state index in [0.717, 1.165) is 87.0 Å². The summed E-state index contributed by atoms with van der Waals surface area (Å²) < 4.78 is 72.5. The van der Waals surface area contributed by atoms with Crippen LogP contribution >= 0.6 is 0 Å². The summed E-state index contributed by atoms with van der Waals surface area (Å²) in [5.41, 5.74) is 4.27. The normalized spacial score (nSPS) is 16.2. The number of amides is 4. The standard InChI is InChI=1S/C22H24FNO4.C16H19FN2O2.2C14H16FNO3.C14H19NO3.C6H11NO2.Li.H2O/c1-27-19-5-3-4-18(22(19)28-2)21(26)16-10-12-24(13-11-16)20(25)14-15-6-8-17(23)9-7-15;1-12(18-11-20)14-6-8-19(9-7-14)16(21)10-13-2-4-15(17)5-3-13;2*15-12-3-1-10(2-4-12)9-13(17)16-7-5-11(6-8-16)14(18)19;1-17-12-5-3-4-11(14(12)18-2)13(16)10-6-8-15-9-7-10;8-6(9)5-1-3-7-4-2-5;;/h3-9,16H,10-14H2,1-2H3;2-5,12,14H,6-10H2,1H3;2*1-4,11H,5-9H2,(H,18,19);3-5,10,15H,6-9H2,1-2H3;5,7H,1-4H2,(H,8,9);;1H2/q;;;;;;+1;/p-1. The molecule has 4 amide bonds. The van der Waals surface area contributed by atoms with Gasteiger partial charge in [0.1, 0.15) is 23.3 Å². The van der Waals surface area contributed by atoms with Crippen LogP contribution in [-0.4, -0.2) is 207 Å². The molecular weight excluding hydrogens is 1500 g/mol. The Morgan fingerprint density at radius 3 is 0.957 bits per heavy atom. The summed E-state index contributed by atoms with van der Waals surface area (Å²) in [6.45, 7) is 9.72. The fourth-order valence-corrected chi connectivity index (χ4v) is 14.3. The maximum Gasteiger partial charge on any atom is 1.00 e. The van der Waals surface area contributed by atoms with E-state index in [9.17, 15) is 70.6 Å². The van der Waals surface area contributed by atoms with Gasteiger partial charge in [-0.25, -0.2) is 27.3 Å². The first-order valence-corrected chi connectivity index (χ1v) is 38.6. The number of piperidine rings is 6. The van der Waals surface area contributed by atoms with Crippen LogP contribution in [0.3, 0.4) is 0 Å². The molecule has 25 nitrogen and oxygen atoms in total. The van der Waals surface area contributed by atoms with E-state index in [1.54, 1.807) is 108 Å². The summed E-state index contributed by atoms with van der Waals surface area (Å²) in [4.78, 5) is 127. The molecule has 0 bridgehead atoms. The second-order valence-electron chi connectivity index (χ2n) is 28.7. The zero-order valence-electron chi connectivity index (χ0n) is 66.8. The van der Waals surface area contributed by atoms with Gasteiger partial charge in [0.15, 0.2) is 34.6 Å². The zero-order chi connectivity index (χ0) is 82.6. The average molecular weight is 1610 g/mol. The number of carboxylic acid groups (broad SMARTS) is 3. The predicted octanol–water partition coefficient (Wildman–Crippen LogP) is 6.02. The smallest absolute Gasteiger partial charge is 0.550 e. The molecule has 0 saturated carbocycles. The van der Waals surface area contributed by atoms with Crippen LogP contribution in [0.15, 0.2) is 138 Å². The molecular formula is C86H106F4LiN7O18.